The second kappa shape index (κ2) is 11.1. The first-order valence-corrected chi connectivity index (χ1v) is 12.6. The lowest BCUT2D eigenvalue weighted by atomic mass is 9.98. The van der Waals surface area contributed by atoms with E-state index in [4.69, 9.17) is 9.15 Å². The number of benzene rings is 2. The first-order valence-electron chi connectivity index (χ1n) is 11.2. The summed E-state index contributed by atoms with van der Waals surface area (Å²) in [6.45, 7) is 0.219. The average molecular weight is 495 g/mol. The molecule has 35 heavy (non-hydrogen) atoms. The fraction of sp³-hybridized carbons (Fsp3) is 0.269. The largest absolute Gasteiger partial charge is 0.480 e. The molecule has 0 spiro atoms. The number of amides is 2. The Hall–Kier alpha value is -3.72. The van der Waals surface area contributed by atoms with Crippen molar-refractivity contribution in [1.29, 1.82) is 0 Å². The van der Waals surface area contributed by atoms with E-state index in [0.717, 1.165) is 22.3 Å². The summed E-state index contributed by atoms with van der Waals surface area (Å²) in [6, 6.07) is 18.2. The van der Waals surface area contributed by atoms with Gasteiger partial charge in [-0.3, -0.25) is 4.79 Å². The van der Waals surface area contributed by atoms with Crippen molar-refractivity contribution < 1.29 is 28.6 Å². The molecule has 1 atom stereocenters. The van der Waals surface area contributed by atoms with E-state index in [1.807, 2.05) is 42.7 Å². The van der Waals surface area contributed by atoms with Gasteiger partial charge in [-0.1, -0.05) is 48.5 Å². The summed E-state index contributed by atoms with van der Waals surface area (Å²) < 4.78 is 11.0. The maximum atomic E-state index is 12.3. The minimum absolute atomic E-state index is 0.0234. The van der Waals surface area contributed by atoms with Crippen LogP contribution < -0.4 is 10.6 Å². The van der Waals surface area contributed by atoms with Crippen molar-refractivity contribution in [2.24, 2.45) is 0 Å². The van der Waals surface area contributed by atoms with Crippen molar-refractivity contribution in [3.8, 4) is 11.1 Å². The average Bonchev–Trinajstić information content (AvgIpc) is 3.47. The van der Waals surface area contributed by atoms with Gasteiger partial charge in [0.05, 0.1) is 6.54 Å². The molecule has 0 saturated heterocycles. The smallest absolute Gasteiger partial charge is 0.407 e. The van der Waals surface area contributed by atoms with Crippen LogP contribution in [0.15, 0.2) is 65.1 Å². The zero-order valence-electron chi connectivity index (χ0n) is 19.2. The number of hydrogen-bond acceptors (Lipinski definition) is 6. The number of carbonyl (C=O) groups is 3. The van der Waals surface area contributed by atoms with Crippen LogP contribution in [-0.4, -0.2) is 47.7 Å². The number of ether oxygens (including phenoxy) is 1. The van der Waals surface area contributed by atoms with Gasteiger partial charge in [0.15, 0.2) is 5.76 Å². The number of carbonyl (C=O) groups excluding carboxylic acids is 2. The highest BCUT2D eigenvalue weighted by atomic mass is 32.2. The lowest BCUT2D eigenvalue weighted by molar-refractivity contribution is -0.139. The van der Waals surface area contributed by atoms with E-state index in [2.05, 4.69) is 22.8 Å². The van der Waals surface area contributed by atoms with Crippen LogP contribution in [0.25, 0.3) is 11.1 Å². The topological polar surface area (TPSA) is 118 Å². The second-order valence-electron chi connectivity index (χ2n) is 8.09. The van der Waals surface area contributed by atoms with Crippen LogP contribution >= 0.6 is 11.8 Å². The van der Waals surface area contributed by atoms with E-state index in [0.29, 0.717) is 17.9 Å². The standard InChI is InChI=1S/C26H26N2O6S/c1-35-13-12-22(25(30)31)28-24(29)23-11-10-16(34-23)14-27-26(32)33-15-21-19-8-4-2-6-17(19)18-7-3-5-9-20(18)21/h2-11,21-22H,12-15H2,1H3,(H,27,32)(H,28,29)(H,30,31)/t22-/m0/s1. The van der Waals surface area contributed by atoms with E-state index in [1.165, 1.54) is 17.8 Å². The highest BCUT2D eigenvalue weighted by Crippen LogP contribution is 2.44. The third kappa shape index (κ3) is 5.68. The van der Waals surface area contributed by atoms with Gasteiger partial charge in [-0.25, -0.2) is 9.59 Å². The van der Waals surface area contributed by atoms with Gasteiger partial charge in [0.2, 0.25) is 0 Å². The van der Waals surface area contributed by atoms with E-state index in [1.54, 1.807) is 6.07 Å². The summed E-state index contributed by atoms with van der Waals surface area (Å²) in [6.07, 6.45) is 1.57. The third-order valence-corrected chi connectivity index (χ3v) is 6.49. The zero-order chi connectivity index (χ0) is 24.8. The molecule has 4 rings (SSSR count). The minimum atomic E-state index is -1.10. The predicted molar refractivity (Wildman–Crippen MR) is 133 cm³/mol. The Bertz CT molecular complexity index is 1180. The molecule has 1 aromatic heterocycles. The summed E-state index contributed by atoms with van der Waals surface area (Å²) in [7, 11) is 0. The summed E-state index contributed by atoms with van der Waals surface area (Å²) in [5.74, 6) is -0.836. The van der Waals surface area contributed by atoms with Gasteiger partial charge in [0.25, 0.3) is 5.91 Å². The van der Waals surface area contributed by atoms with Crippen LogP contribution in [0, 0.1) is 0 Å². The number of rotatable bonds is 10. The van der Waals surface area contributed by atoms with Crippen LogP contribution in [0.4, 0.5) is 4.79 Å². The van der Waals surface area contributed by atoms with Gasteiger partial charge < -0.3 is 24.9 Å². The zero-order valence-corrected chi connectivity index (χ0v) is 20.0. The van der Waals surface area contributed by atoms with Crippen molar-refractivity contribution in [1.82, 2.24) is 10.6 Å². The Labute approximate surface area is 207 Å². The van der Waals surface area contributed by atoms with Crippen LogP contribution in [0.2, 0.25) is 0 Å². The number of nitrogens with one attached hydrogen (secondary N) is 2. The van der Waals surface area contributed by atoms with Crippen molar-refractivity contribution in [2.75, 3.05) is 18.6 Å². The minimum Gasteiger partial charge on any atom is -0.480 e. The third-order valence-electron chi connectivity index (χ3n) is 5.85. The van der Waals surface area contributed by atoms with Crippen molar-refractivity contribution in [3.05, 3.63) is 83.3 Å². The number of alkyl carbamates (subject to hydrolysis) is 1. The quantitative estimate of drug-likeness (QED) is 0.386. The molecule has 8 nitrogen and oxygen atoms in total. The molecule has 0 aliphatic heterocycles. The Morgan fingerprint density at radius 1 is 1.03 bits per heavy atom. The lowest BCUT2D eigenvalue weighted by Crippen LogP contribution is -2.41. The molecule has 182 valence electrons. The molecule has 3 aromatic rings. The molecule has 3 N–H and O–H groups in total. The first kappa shape index (κ1) is 24.4. The van der Waals surface area contributed by atoms with Crippen LogP contribution in [0.5, 0.6) is 0 Å². The summed E-state index contributed by atoms with van der Waals surface area (Å²) in [5.41, 5.74) is 4.55. The second-order valence-corrected chi connectivity index (χ2v) is 9.08. The van der Waals surface area contributed by atoms with Crippen LogP contribution in [0.1, 0.15) is 39.8 Å². The van der Waals surface area contributed by atoms with Crippen LogP contribution in [-0.2, 0) is 16.1 Å². The number of hydrogen-bond donors (Lipinski definition) is 3. The molecule has 1 heterocycles. The molecule has 1 aliphatic carbocycles. The Morgan fingerprint density at radius 3 is 2.31 bits per heavy atom. The SMILES string of the molecule is CSCC[C@H](NC(=O)c1ccc(CNC(=O)OCC2c3ccccc3-c3ccccc32)o1)C(=O)O. The van der Waals surface area contributed by atoms with Gasteiger partial charge in [0, 0.05) is 5.92 Å². The van der Waals surface area contributed by atoms with Gasteiger partial charge in [-0.05, 0) is 52.8 Å². The van der Waals surface area contributed by atoms with Crippen LogP contribution in [0.3, 0.4) is 0 Å². The highest BCUT2D eigenvalue weighted by molar-refractivity contribution is 7.98. The highest BCUT2D eigenvalue weighted by Gasteiger charge is 2.29. The maximum absolute atomic E-state index is 12.3. The van der Waals surface area contributed by atoms with Gasteiger partial charge in [-0.2, -0.15) is 11.8 Å². The number of carboxylic acids is 1. The molecule has 2 aromatic carbocycles. The molecule has 0 radical (unpaired) electrons. The lowest BCUT2D eigenvalue weighted by Gasteiger charge is -2.14. The Kier molecular flexibility index (Phi) is 7.77. The van der Waals surface area contributed by atoms with Gasteiger partial charge in [0.1, 0.15) is 18.4 Å². The maximum Gasteiger partial charge on any atom is 0.407 e. The fourth-order valence-electron chi connectivity index (χ4n) is 4.13. The molecular weight excluding hydrogens is 468 g/mol. The van der Waals surface area contributed by atoms with E-state index in [-0.39, 0.29) is 24.8 Å². The Balaban J connectivity index is 1.29. The fourth-order valence-corrected chi connectivity index (χ4v) is 4.60. The monoisotopic (exact) mass is 494 g/mol. The summed E-state index contributed by atoms with van der Waals surface area (Å²) in [5, 5.41) is 14.4. The molecule has 0 saturated carbocycles. The molecule has 1 aliphatic rings. The number of carboxylic acid groups (broad SMARTS) is 1. The first-order chi connectivity index (χ1) is 17.0. The number of fused-ring (bicyclic) bond motifs is 3. The van der Waals surface area contributed by atoms with E-state index < -0.39 is 24.0 Å². The summed E-state index contributed by atoms with van der Waals surface area (Å²) in [4.78, 5) is 36.0. The number of furan rings is 1. The van der Waals surface area contributed by atoms with Gasteiger partial charge in [-0.15, -0.1) is 0 Å². The normalized spacial score (nSPS) is 12.9. The molecule has 0 bridgehead atoms. The van der Waals surface area contributed by atoms with E-state index >= 15 is 0 Å². The van der Waals surface area contributed by atoms with E-state index in [9.17, 15) is 19.5 Å². The summed E-state index contributed by atoms with van der Waals surface area (Å²) >= 11 is 1.50. The molecule has 0 unspecified atom stereocenters. The van der Waals surface area contributed by atoms with Gasteiger partial charge >= 0.3 is 12.1 Å². The van der Waals surface area contributed by atoms with Crippen molar-refractivity contribution >= 4 is 29.7 Å². The molecular formula is C26H26N2O6S. The molecule has 2 amide bonds. The van der Waals surface area contributed by atoms with Crippen molar-refractivity contribution in [2.45, 2.75) is 24.9 Å². The van der Waals surface area contributed by atoms with Crippen molar-refractivity contribution in [3.63, 3.8) is 0 Å². The molecule has 0 fully saturated rings. The predicted octanol–water partition coefficient (Wildman–Crippen LogP) is 4.25. The number of aliphatic carboxylic acids is 1. The Morgan fingerprint density at radius 2 is 1.69 bits per heavy atom. The number of thioether (sulfide) groups is 1. The molecule has 9 heteroatoms.